The van der Waals surface area contributed by atoms with Gasteiger partial charge in [0.1, 0.15) is 0 Å². The lowest BCUT2D eigenvalue weighted by Crippen LogP contribution is -2.47. The maximum Gasteiger partial charge on any atom is 0.0100 e. The molecule has 2 aliphatic carbocycles. The van der Waals surface area contributed by atoms with Crippen molar-refractivity contribution in [2.45, 2.75) is 91.1 Å². The van der Waals surface area contributed by atoms with Crippen LogP contribution in [0, 0.1) is 23.7 Å². The van der Waals surface area contributed by atoms with Crippen molar-refractivity contribution in [3.63, 3.8) is 0 Å². The molecule has 2 fully saturated rings. The van der Waals surface area contributed by atoms with Crippen LogP contribution in [0.15, 0.2) is 0 Å². The average molecular weight is 265 g/mol. The topological polar surface area (TPSA) is 12.0 Å². The third-order valence-corrected chi connectivity index (χ3v) is 5.84. The van der Waals surface area contributed by atoms with Crippen LogP contribution in [0.5, 0.6) is 0 Å². The summed E-state index contributed by atoms with van der Waals surface area (Å²) in [5.41, 5.74) is 0. The van der Waals surface area contributed by atoms with Gasteiger partial charge >= 0.3 is 0 Å². The smallest absolute Gasteiger partial charge is 0.0100 e. The molecule has 2 unspecified atom stereocenters. The molecule has 0 spiro atoms. The predicted octanol–water partition coefficient (Wildman–Crippen LogP) is 5.01. The summed E-state index contributed by atoms with van der Waals surface area (Å²) < 4.78 is 0. The molecule has 2 atom stereocenters. The monoisotopic (exact) mass is 265 g/mol. The Hall–Kier alpha value is -0.0400. The van der Waals surface area contributed by atoms with Crippen molar-refractivity contribution < 1.29 is 0 Å². The highest BCUT2D eigenvalue weighted by Gasteiger charge is 2.30. The van der Waals surface area contributed by atoms with E-state index in [1.807, 2.05) is 0 Å². The molecule has 0 saturated heterocycles. The van der Waals surface area contributed by atoms with Gasteiger partial charge in [0.25, 0.3) is 0 Å². The summed E-state index contributed by atoms with van der Waals surface area (Å²) in [6.07, 6.45) is 11.5. The lowest BCUT2D eigenvalue weighted by molar-refractivity contribution is 0.163. The molecular formula is C18H35N. The molecule has 2 aliphatic rings. The van der Waals surface area contributed by atoms with E-state index in [9.17, 15) is 0 Å². The molecule has 0 aromatic rings. The molecular weight excluding hydrogens is 230 g/mol. The minimum absolute atomic E-state index is 0.814. The summed E-state index contributed by atoms with van der Waals surface area (Å²) in [5, 5.41) is 4.05. The quantitative estimate of drug-likeness (QED) is 0.754. The lowest BCUT2D eigenvalue weighted by atomic mass is 9.76. The van der Waals surface area contributed by atoms with Crippen LogP contribution in [0.1, 0.15) is 79.1 Å². The Bertz CT molecular complexity index is 250. The fraction of sp³-hybridized carbons (Fsp3) is 1.00. The number of rotatable bonds is 4. The van der Waals surface area contributed by atoms with E-state index in [1.165, 1.54) is 51.4 Å². The van der Waals surface area contributed by atoms with Gasteiger partial charge in [-0.05, 0) is 62.2 Å². The molecule has 0 heterocycles. The molecule has 1 nitrogen and oxygen atoms in total. The fourth-order valence-corrected chi connectivity index (χ4v) is 4.42. The molecule has 0 bridgehead atoms. The summed E-state index contributed by atoms with van der Waals surface area (Å²) in [5.74, 6) is 3.66. The van der Waals surface area contributed by atoms with Gasteiger partial charge < -0.3 is 5.32 Å². The van der Waals surface area contributed by atoms with Crippen molar-refractivity contribution in [1.29, 1.82) is 0 Å². The molecule has 0 amide bonds. The molecule has 112 valence electrons. The first-order chi connectivity index (χ1) is 9.08. The van der Waals surface area contributed by atoms with Crippen molar-refractivity contribution in [2.24, 2.45) is 23.7 Å². The summed E-state index contributed by atoms with van der Waals surface area (Å²) in [6, 6.07) is 1.63. The molecule has 0 radical (unpaired) electrons. The van der Waals surface area contributed by atoms with Crippen LogP contribution in [0.4, 0.5) is 0 Å². The van der Waals surface area contributed by atoms with Crippen molar-refractivity contribution in [1.82, 2.24) is 5.32 Å². The molecule has 1 N–H and O–H groups in total. The standard InChI is InChI=1S/C18H35N/c1-13(2)15-9-11-16(12-10-15)19-18-8-6-5-7-17(18)14(3)4/h13-19H,5-12H2,1-4H3. The van der Waals surface area contributed by atoms with Crippen LogP contribution in [0.25, 0.3) is 0 Å². The van der Waals surface area contributed by atoms with Gasteiger partial charge in [-0.15, -0.1) is 0 Å². The summed E-state index contributed by atoms with van der Waals surface area (Å²) in [6.45, 7) is 9.63. The van der Waals surface area contributed by atoms with Gasteiger partial charge in [0.15, 0.2) is 0 Å². The van der Waals surface area contributed by atoms with E-state index >= 15 is 0 Å². The summed E-state index contributed by atoms with van der Waals surface area (Å²) >= 11 is 0. The molecule has 19 heavy (non-hydrogen) atoms. The largest absolute Gasteiger partial charge is 0.311 e. The molecule has 0 aromatic carbocycles. The summed E-state index contributed by atoms with van der Waals surface area (Å²) in [4.78, 5) is 0. The molecule has 0 aliphatic heterocycles. The maximum absolute atomic E-state index is 4.05. The average Bonchev–Trinajstić information content (AvgIpc) is 2.39. The zero-order valence-corrected chi connectivity index (χ0v) is 13.6. The molecule has 0 aromatic heterocycles. The fourth-order valence-electron chi connectivity index (χ4n) is 4.42. The molecule has 1 heteroatoms. The Morgan fingerprint density at radius 3 is 1.95 bits per heavy atom. The van der Waals surface area contributed by atoms with Gasteiger partial charge in [-0.25, -0.2) is 0 Å². The second-order valence-electron chi connectivity index (χ2n) is 7.82. The zero-order valence-electron chi connectivity index (χ0n) is 13.6. The first kappa shape index (κ1) is 15.4. The van der Waals surface area contributed by atoms with E-state index in [-0.39, 0.29) is 0 Å². The third-order valence-electron chi connectivity index (χ3n) is 5.84. The van der Waals surface area contributed by atoms with Gasteiger partial charge in [0.2, 0.25) is 0 Å². The van der Waals surface area contributed by atoms with Crippen molar-refractivity contribution in [2.75, 3.05) is 0 Å². The first-order valence-corrected chi connectivity index (χ1v) is 8.84. The second kappa shape index (κ2) is 7.11. The minimum atomic E-state index is 0.814. The third kappa shape index (κ3) is 4.21. The zero-order chi connectivity index (χ0) is 13.8. The van der Waals surface area contributed by atoms with Gasteiger partial charge in [-0.1, -0.05) is 40.5 Å². The van der Waals surface area contributed by atoms with Crippen molar-refractivity contribution in [3.8, 4) is 0 Å². The normalized spacial score (nSPS) is 36.9. The van der Waals surface area contributed by atoms with E-state index < -0.39 is 0 Å². The van der Waals surface area contributed by atoms with Gasteiger partial charge in [-0.2, -0.15) is 0 Å². The van der Waals surface area contributed by atoms with Crippen LogP contribution in [-0.2, 0) is 0 Å². The second-order valence-corrected chi connectivity index (χ2v) is 7.82. The van der Waals surface area contributed by atoms with Gasteiger partial charge in [0, 0.05) is 12.1 Å². The van der Waals surface area contributed by atoms with Crippen molar-refractivity contribution in [3.05, 3.63) is 0 Å². The highest BCUT2D eigenvalue weighted by molar-refractivity contribution is 4.87. The van der Waals surface area contributed by atoms with Crippen LogP contribution in [0.3, 0.4) is 0 Å². The van der Waals surface area contributed by atoms with Gasteiger partial charge in [0.05, 0.1) is 0 Å². The van der Waals surface area contributed by atoms with Crippen LogP contribution in [-0.4, -0.2) is 12.1 Å². The van der Waals surface area contributed by atoms with Crippen molar-refractivity contribution >= 4 is 0 Å². The Morgan fingerprint density at radius 1 is 0.737 bits per heavy atom. The lowest BCUT2D eigenvalue weighted by Gasteiger charge is -2.40. The predicted molar refractivity (Wildman–Crippen MR) is 84.3 cm³/mol. The molecule has 2 rings (SSSR count). The molecule has 2 saturated carbocycles. The summed E-state index contributed by atoms with van der Waals surface area (Å²) in [7, 11) is 0. The Labute approximate surface area is 120 Å². The van der Waals surface area contributed by atoms with E-state index in [2.05, 4.69) is 33.0 Å². The minimum Gasteiger partial charge on any atom is -0.311 e. The van der Waals surface area contributed by atoms with E-state index in [0.717, 1.165) is 35.8 Å². The SMILES string of the molecule is CC(C)C1CCC(NC2CCCCC2C(C)C)CC1. The Morgan fingerprint density at radius 2 is 1.37 bits per heavy atom. The van der Waals surface area contributed by atoms with E-state index in [4.69, 9.17) is 0 Å². The van der Waals surface area contributed by atoms with Crippen LogP contribution < -0.4 is 5.32 Å². The highest BCUT2D eigenvalue weighted by atomic mass is 15.0. The van der Waals surface area contributed by atoms with Crippen LogP contribution >= 0.6 is 0 Å². The number of hydrogen-bond donors (Lipinski definition) is 1. The first-order valence-electron chi connectivity index (χ1n) is 8.84. The van der Waals surface area contributed by atoms with Gasteiger partial charge in [-0.3, -0.25) is 0 Å². The highest BCUT2D eigenvalue weighted by Crippen LogP contribution is 2.34. The van der Waals surface area contributed by atoms with E-state index in [1.54, 1.807) is 0 Å². The van der Waals surface area contributed by atoms with E-state index in [0.29, 0.717) is 0 Å². The number of nitrogens with one attached hydrogen (secondary N) is 1. The maximum atomic E-state index is 4.05. The Kier molecular flexibility index (Phi) is 5.74. The number of hydrogen-bond acceptors (Lipinski definition) is 1. The van der Waals surface area contributed by atoms with Crippen LogP contribution in [0.2, 0.25) is 0 Å². The Balaban J connectivity index is 1.80.